The molecule has 9 heteroatoms. The number of esters is 1. The number of hydrogen-bond donors (Lipinski definition) is 0. The van der Waals surface area contributed by atoms with E-state index in [0.717, 1.165) is 13.2 Å². The molecular weight excluding hydrogens is 651 g/mol. The predicted molar refractivity (Wildman–Crippen MR) is 100 cm³/mol. The molecule has 0 aliphatic heterocycles. The van der Waals surface area contributed by atoms with E-state index in [-0.39, 0.29) is 5.56 Å². The summed E-state index contributed by atoms with van der Waals surface area (Å²) >= 11 is 5.91. The van der Waals surface area contributed by atoms with Crippen LogP contribution in [0.4, 0.5) is 8.78 Å². The van der Waals surface area contributed by atoms with Crippen molar-refractivity contribution in [1.29, 1.82) is 0 Å². The maximum Gasteiger partial charge on any atom is 0.344 e. The average molecular weight is 655 g/mol. The van der Waals surface area contributed by atoms with Gasteiger partial charge in [0.25, 0.3) is 0 Å². The number of rotatable bonds is 3. The molecule has 2 rings (SSSR count). The minimum Gasteiger partial charge on any atom is -0.545 e. The Hall–Kier alpha value is -0.570. The van der Waals surface area contributed by atoms with Crippen molar-refractivity contribution in [2.45, 2.75) is 0 Å². The zero-order chi connectivity index (χ0) is 17.3. The monoisotopic (exact) mass is 655 g/mol. The fourth-order valence-electron chi connectivity index (χ4n) is 1.64. The third-order valence-electron chi connectivity index (χ3n) is 2.68. The second kappa shape index (κ2) is 7.55. The van der Waals surface area contributed by atoms with Crippen molar-refractivity contribution in [2.75, 3.05) is 0 Å². The summed E-state index contributed by atoms with van der Waals surface area (Å²) < 4.78 is 34.0. The van der Waals surface area contributed by atoms with Gasteiger partial charge in [-0.15, -0.1) is 0 Å². The van der Waals surface area contributed by atoms with Gasteiger partial charge in [-0.3, -0.25) is 0 Å². The number of aromatic carboxylic acids is 1. The number of carbonyl (C=O) groups excluding carboxylic acids is 2. The third-order valence-corrected chi connectivity index (χ3v) is 6.35. The lowest BCUT2D eigenvalue weighted by atomic mass is 10.2. The maximum absolute atomic E-state index is 13.8. The molecule has 0 spiro atoms. The van der Waals surface area contributed by atoms with Gasteiger partial charge in [-0.25, -0.2) is 9.18 Å². The van der Waals surface area contributed by atoms with Gasteiger partial charge in [0, 0.05) is 16.3 Å². The molecule has 120 valence electrons. The normalized spacial score (nSPS) is 10.5. The predicted octanol–water partition coefficient (Wildman–Crippen LogP) is 3.36. The number of carbonyl (C=O) groups is 2. The summed E-state index contributed by atoms with van der Waals surface area (Å²) in [5.74, 6) is -6.66. The lowest BCUT2D eigenvalue weighted by Crippen LogP contribution is -2.25. The number of ether oxygens (including phenoxy) is 1. The van der Waals surface area contributed by atoms with Crippen molar-refractivity contribution in [2.24, 2.45) is 0 Å². The Labute approximate surface area is 170 Å². The first-order chi connectivity index (χ1) is 10.7. The Balaban J connectivity index is 2.50. The van der Waals surface area contributed by atoms with Crippen LogP contribution in [0.25, 0.3) is 0 Å². The first-order valence-electron chi connectivity index (χ1n) is 5.78. The smallest absolute Gasteiger partial charge is 0.344 e. The van der Waals surface area contributed by atoms with Gasteiger partial charge < -0.3 is 14.6 Å². The lowest BCUT2D eigenvalue weighted by molar-refractivity contribution is -0.255. The molecule has 4 nitrogen and oxygen atoms in total. The molecule has 2 aromatic rings. The topological polar surface area (TPSA) is 66.4 Å². The molecule has 0 fully saturated rings. The SMILES string of the molecule is O=C(Oc1c(C(=O)[O-])ccc(F)c1F)c1cc(I)cc(I)c1I. The van der Waals surface area contributed by atoms with Crippen LogP contribution in [-0.2, 0) is 0 Å². The van der Waals surface area contributed by atoms with Gasteiger partial charge in [0.05, 0.1) is 11.5 Å². The average Bonchev–Trinajstić information content (AvgIpc) is 2.47. The Morgan fingerprint density at radius 2 is 1.70 bits per heavy atom. The molecule has 0 heterocycles. The van der Waals surface area contributed by atoms with Crippen molar-refractivity contribution >= 4 is 79.7 Å². The first-order valence-corrected chi connectivity index (χ1v) is 9.02. The highest BCUT2D eigenvalue weighted by molar-refractivity contribution is 14.1. The first kappa shape index (κ1) is 18.8. The van der Waals surface area contributed by atoms with Crippen LogP contribution in [0.2, 0.25) is 0 Å². The largest absolute Gasteiger partial charge is 0.545 e. The van der Waals surface area contributed by atoms with E-state index in [1.807, 2.05) is 73.8 Å². The van der Waals surface area contributed by atoms with Gasteiger partial charge in [-0.05, 0) is 92.0 Å². The molecule has 0 saturated heterocycles. The van der Waals surface area contributed by atoms with Gasteiger partial charge in [0.15, 0.2) is 11.6 Å². The van der Waals surface area contributed by atoms with Crippen LogP contribution in [-0.4, -0.2) is 11.9 Å². The Morgan fingerprint density at radius 1 is 1.04 bits per heavy atom. The molecule has 0 N–H and O–H groups in total. The quantitative estimate of drug-likeness (QED) is 0.221. The minimum atomic E-state index is -1.78. The zero-order valence-electron chi connectivity index (χ0n) is 10.8. The van der Waals surface area contributed by atoms with E-state index < -0.39 is 34.9 Å². The van der Waals surface area contributed by atoms with Crippen LogP contribution < -0.4 is 9.84 Å². The van der Waals surface area contributed by atoms with Gasteiger partial charge in [-0.1, -0.05) is 0 Å². The van der Waals surface area contributed by atoms with E-state index in [2.05, 4.69) is 0 Å². The number of benzene rings is 2. The summed E-state index contributed by atoms with van der Waals surface area (Å²) in [6.45, 7) is 0. The van der Waals surface area contributed by atoms with Gasteiger partial charge in [0.1, 0.15) is 0 Å². The van der Waals surface area contributed by atoms with E-state index >= 15 is 0 Å². The van der Waals surface area contributed by atoms with E-state index in [1.54, 1.807) is 0 Å². The minimum absolute atomic E-state index is 0.120. The Bertz CT molecular complexity index is 824. The summed E-state index contributed by atoms with van der Waals surface area (Å²) in [6, 6.07) is 4.72. The van der Waals surface area contributed by atoms with E-state index in [1.165, 1.54) is 6.07 Å². The maximum atomic E-state index is 13.8. The summed E-state index contributed by atoms with van der Waals surface area (Å²) in [6.07, 6.45) is 0. The molecule has 0 aromatic heterocycles. The molecule has 23 heavy (non-hydrogen) atoms. The van der Waals surface area contributed by atoms with Crippen LogP contribution in [0, 0.1) is 22.3 Å². The van der Waals surface area contributed by atoms with Crippen LogP contribution in [0.5, 0.6) is 5.75 Å². The fraction of sp³-hybridized carbons (Fsp3) is 0. The lowest BCUT2D eigenvalue weighted by Gasteiger charge is -2.13. The molecule has 0 atom stereocenters. The Morgan fingerprint density at radius 3 is 2.30 bits per heavy atom. The fourth-order valence-corrected chi connectivity index (χ4v) is 4.02. The second-order valence-corrected chi connectivity index (χ2v) is 7.65. The molecule has 0 bridgehead atoms. The molecule has 0 unspecified atom stereocenters. The highest BCUT2D eigenvalue weighted by Crippen LogP contribution is 2.28. The molecule has 0 amide bonds. The third kappa shape index (κ3) is 4.10. The van der Waals surface area contributed by atoms with Gasteiger partial charge >= 0.3 is 5.97 Å². The van der Waals surface area contributed by atoms with Crippen molar-refractivity contribution in [3.63, 3.8) is 0 Å². The summed E-state index contributed by atoms with van der Waals surface area (Å²) in [7, 11) is 0. The highest BCUT2D eigenvalue weighted by Gasteiger charge is 2.22. The van der Waals surface area contributed by atoms with Crippen LogP contribution in [0.1, 0.15) is 20.7 Å². The number of halogens is 5. The van der Waals surface area contributed by atoms with E-state index in [0.29, 0.717) is 9.64 Å². The molecule has 0 saturated carbocycles. The summed E-state index contributed by atoms with van der Waals surface area (Å²) in [5, 5.41) is 11.0. The van der Waals surface area contributed by atoms with Crippen molar-refractivity contribution in [3.8, 4) is 5.75 Å². The summed E-state index contributed by atoms with van der Waals surface area (Å²) in [4.78, 5) is 23.2. The zero-order valence-corrected chi connectivity index (χ0v) is 17.3. The second-order valence-electron chi connectivity index (χ2n) is 4.16. The van der Waals surface area contributed by atoms with E-state index in [4.69, 9.17) is 4.74 Å². The van der Waals surface area contributed by atoms with Gasteiger partial charge in [-0.2, -0.15) is 4.39 Å². The molecule has 0 aliphatic rings. The molecule has 0 aliphatic carbocycles. The van der Waals surface area contributed by atoms with Crippen molar-refractivity contribution in [3.05, 3.63) is 57.7 Å². The highest BCUT2D eigenvalue weighted by atomic mass is 127. The molecular formula is C14H4F2I3O4-. The van der Waals surface area contributed by atoms with Gasteiger partial charge in [0.2, 0.25) is 5.82 Å². The molecule has 2 aromatic carbocycles. The summed E-state index contributed by atoms with van der Waals surface area (Å²) in [5.41, 5.74) is -0.623. The number of carboxylic acid groups (broad SMARTS) is 1. The molecule has 0 radical (unpaired) electrons. The van der Waals surface area contributed by atoms with E-state index in [9.17, 15) is 23.5 Å². The van der Waals surface area contributed by atoms with Crippen LogP contribution >= 0.6 is 67.8 Å². The van der Waals surface area contributed by atoms with Crippen LogP contribution in [0.15, 0.2) is 24.3 Å². The van der Waals surface area contributed by atoms with Crippen LogP contribution in [0.3, 0.4) is 0 Å². The standard InChI is InChI=1S/C14H5F2I3O4/c15-8-2-1-6(13(20)21)12(10(8)16)23-14(22)7-3-5(17)4-9(18)11(7)19/h1-4H,(H,20,21)/p-1. The number of carboxylic acids is 1. The van der Waals surface area contributed by atoms with Crippen molar-refractivity contribution < 1.29 is 28.2 Å². The Kier molecular flexibility index (Phi) is 6.16. The number of hydrogen-bond acceptors (Lipinski definition) is 4. The van der Waals surface area contributed by atoms with Crippen molar-refractivity contribution in [1.82, 2.24) is 0 Å².